The highest BCUT2D eigenvalue weighted by molar-refractivity contribution is 7.92. The topological polar surface area (TPSA) is 84.5 Å². The fourth-order valence-electron chi connectivity index (χ4n) is 3.30. The molecule has 32 heavy (non-hydrogen) atoms. The largest absolute Gasteiger partial charge is 0.483 e. The number of aryl methyl sites for hydroxylation is 5. The van der Waals surface area contributed by atoms with E-state index in [-0.39, 0.29) is 17.4 Å². The first kappa shape index (κ1) is 23.3. The molecular weight excluding hydrogens is 424 g/mol. The van der Waals surface area contributed by atoms with Crippen LogP contribution in [0.5, 0.6) is 5.75 Å². The highest BCUT2D eigenvalue weighted by atomic mass is 32.2. The molecule has 0 aliphatic heterocycles. The molecule has 0 saturated carbocycles. The van der Waals surface area contributed by atoms with E-state index in [1.807, 2.05) is 52.0 Å². The van der Waals surface area contributed by atoms with Crippen LogP contribution in [0.4, 0.5) is 11.4 Å². The molecule has 2 N–H and O–H groups in total. The summed E-state index contributed by atoms with van der Waals surface area (Å²) < 4.78 is 33.8. The van der Waals surface area contributed by atoms with E-state index in [4.69, 9.17) is 4.74 Å². The maximum Gasteiger partial charge on any atom is 0.262 e. The molecule has 0 atom stereocenters. The molecule has 0 saturated heterocycles. The number of carbonyl (C=O) groups excluding carboxylic acids is 1. The third-order valence-corrected chi connectivity index (χ3v) is 6.70. The number of sulfonamides is 1. The molecule has 0 bridgehead atoms. The van der Waals surface area contributed by atoms with Gasteiger partial charge in [-0.15, -0.1) is 0 Å². The number of anilines is 2. The van der Waals surface area contributed by atoms with Crippen LogP contribution in [0, 0.1) is 34.6 Å². The molecular formula is C25H28N2O4S. The van der Waals surface area contributed by atoms with Gasteiger partial charge in [0, 0.05) is 11.4 Å². The zero-order valence-electron chi connectivity index (χ0n) is 18.9. The van der Waals surface area contributed by atoms with Crippen LogP contribution >= 0.6 is 0 Å². The van der Waals surface area contributed by atoms with Crippen LogP contribution in [0.15, 0.2) is 59.5 Å². The van der Waals surface area contributed by atoms with Crippen molar-refractivity contribution in [1.29, 1.82) is 0 Å². The Bertz CT molecular complexity index is 1250. The lowest BCUT2D eigenvalue weighted by Gasteiger charge is -2.14. The second-order valence-corrected chi connectivity index (χ2v) is 9.62. The van der Waals surface area contributed by atoms with E-state index in [0.29, 0.717) is 17.0 Å². The van der Waals surface area contributed by atoms with Gasteiger partial charge in [-0.3, -0.25) is 9.52 Å². The third-order valence-electron chi connectivity index (χ3n) is 5.32. The molecule has 0 unspecified atom stereocenters. The minimum Gasteiger partial charge on any atom is -0.483 e. The Morgan fingerprint density at radius 3 is 2.12 bits per heavy atom. The van der Waals surface area contributed by atoms with Gasteiger partial charge in [0.2, 0.25) is 0 Å². The van der Waals surface area contributed by atoms with E-state index in [9.17, 15) is 13.2 Å². The molecule has 7 heteroatoms. The Morgan fingerprint density at radius 2 is 1.50 bits per heavy atom. The van der Waals surface area contributed by atoms with Crippen molar-refractivity contribution in [2.45, 2.75) is 39.5 Å². The number of hydrogen-bond donors (Lipinski definition) is 2. The SMILES string of the molecule is Cc1ccc(NS(=O)(=O)c2ccc(OCC(=O)Nc3c(C)cccc3C)c(C)c2)cc1C. The van der Waals surface area contributed by atoms with Crippen LogP contribution in [0.25, 0.3) is 0 Å². The van der Waals surface area contributed by atoms with Gasteiger partial charge >= 0.3 is 0 Å². The van der Waals surface area contributed by atoms with E-state index in [0.717, 1.165) is 27.9 Å². The van der Waals surface area contributed by atoms with Crippen molar-refractivity contribution in [3.8, 4) is 5.75 Å². The van der Waals surface area contributed by atoms with Crippen molar-refractivity contribution in [2.75, 3.05) is 16.6 Å². The van der Waals surface area contributed by atoms with Crippen LogP contribution in [-0.2, 0) is 14.8 Å². The monoisotopic (exact) mass is 452 g/mol. The van der Waals surface area contributed by atoms with Crippen molar-refractivity contribution in [2.24, 2.45) is 0 Å². The number of para-hydroxylation sites is 1. The van der Waals surface area contributed by atoms with E-state index >= 15 is 0 Å². The first-order valence-corrected chi connectivity index (χ1v) is 11.7. The highest BCUT2D eigenvalue weighted by Gasteiger charge is 2.17. The van der Waals surface area contributed by atoms with Gasteiger partial charge in [-0.05, 0) is 92.8 Å². The molecule has 6 nitrogen and oxygen atoms in total. The first-order chi connectivity index (χ1) is 15.1. The van der Waals surface area contributed by atoms with Crippen molar-refractivity contribution in [3.63, 3.8) is 0 Å². The number of rotatable bonds is 7. The zero-order chi connectivity index (χ0) is 23.5. The number of hydrogen-bond acceptors (Lipinski definition) is 4. The smallest absolute Gasteiger partial charge is 0.262 e. The van der Waals surface area contributed by atoms with Crippen molar-refractivity contribution in [1.82, 2.24) is 0 Å². The summed E-state index contributed by atoms with van der Waals surface area (Å²) in [6.45, 7) is 9.32. The van der Waals surface area contributed by atoms with Crippen LogP contribution in [0.3, 0.4) is 0 Å². The Balaban J connectivity index is 1.68. The van der Waals surface area contributed by atoms with Crippen LogP contribution in [0.2, 0.25) is 0 Å². The van der Waals surface area contributed by atoms with Gasteiger partial charge in [-0.2, -0.15) is 0 Å². The summed E-state index contributed by atoms with van der Waals surface area (Å²) in [6.07, 6.45) is 0. The molecule has 168 valence electrons. The lowest BCUT2D eigenvalue weighted by Crippen LogP contribution is -2.21. The van der Waals surface area contributed by atoms with Crippen molar-refractivity contribution < 1.29 is 17.9 Å². The summed E-state index contributed by atoms with van der Waals surface area (Å²) in [4.78, 5) is 12.5. The second-order valence-electron chi connectivity index (χ2n) is 7.94. The van der Waals surface area contributed by atoms with Crippen LogP contribution in [0.1, 0.15) is 27.8 Å². The second kappa shape index (κ2) is 9.44. The van der Waals surface area contributed by atoms with Gasteiger partial charge in [-0.1, -0.05) is 24.3 Å². The average molecular weight is 453 g/mol. The normalized spacial score (nSPS) is 11.2. The third kappa shape index (κ3) is 5.48. The minimum absolute atomic E-state index is 0.126. The molecule has 3 rings (SSSR count). The van der Waals surface area contributed by atoms with Gasteiger partial charge in [0.05, 0.1) is 4.90 Å². The van der Waals surface area contributed by atoms with Gasteiger partial charge < -0.3 is 10.1 Å². The van der Waals surface area contributed by atoms with Gasteiger partial charge in [0.25, 0.3) is 15.9 Å². The molecule has 3 aromatic rings. The quantitative estimate of drug-likeness (QED) is 0.526. The Kier molecular flexibility index (Phi) is 6.89. The number of carbonyl (C=O) groups is 1. The lowest BCUT2D eigenvalue weighted by atomic mass is 10.1. The molecule has 0 radical (unpaired) electrons. The summed E-state index contributed by atoms with van der Waals surface area (Å²) in [5.41, 5.74) is 5.94. The van der Waals surface area contributed by atoms with Crippen LogP contribution in [-0.4, -0.2) is 20.9 Å². The molecule has 0 aromatic heterocycles. The predicted octanol–water partition coefficient (Wildman–Crippen LogP) is 5.05. The number of nitrogens with one attached hydrogen (secondary N) is 2. The minimum atomic E-state index is -3.75. The Morgan fingerprint density at radius 1 is 0.812 bits per heavy atom. The van der Waals surface area contributed by atoms with Crippen molar-refractivity contribution in [3.05, 3.63) is 82.4 Å². The summed E-state index contributed by atoms with van der Waals surface area (Å²) in [5, 5.41) is 2.87. The molecule has 3 aromatic carbocycles. The molecule has 0 spiro atoms. The fourth-order valence-corrected chi connectivity index (χ4v) is 4.43. The summed E-state index contributed by atoms with van der Waals surface area (Å²) in [5.74, 6) is 0.168. The molecule has 0 fully saturated rings. The maximum absolute atomic E-state index is 12.8. The Labute approximate surface area is 189 Å². The predicted molar refractivity (Wildman–Crippen MR) is 128 cm³/mol. The number of amides is 1. The fraction of sp³-hybridized carbons (Fsp3) is 0.240. The maximum atomic E-state index is 12.8. The van der Waals surface area contributed by atoms with E-state index in [1.165, 1.54) is 12.1 Å². The summed E-state index contributed by atoms with van der Waals surface area (Å²) in [7, 11) is -3.75. The van der Waals surface area contributed by atoms with Crippen LogP contribution < -0.4 is 14.8 Å². The number of ether oxygens (including phenoxy) is 1. The van der Waals surface area contributed by atoms with Crippen molar-refractivity contribution >= 4 is 27.3 Å². The first-order valence-electron chi connectivity index (χ1n) is 10.3. The van der Waals surface area contributed by atoms with Gasteiger partial charge in [-0.25, -0.2) is 8.42 Å². The zero-order valence-corrected chi connectivity index (χ0v) is 19.8. The number of benzene rings is 3. The van der Waals surface area contributed by atoms with Gasteiger partial charge in [0.15, 0.2) is 6.61 Å². The Hall–Kier alpha value is -3.32. The van der Waals surface area contributed by atoms with E-state index in [2.05, 4.69) is 10.0 Å². The molecule has 0 heterocycles. The van der Waals surface area contributed by atoms with E-state index < -0.39 is 10.0 Å². The molecule has 1 amide bonds. The lowest BCUT2D eigenvalue weighted by molar-refractivity contribution is -0.118. The molecule has 0 aliphatic carbocycles. The standard InChI is InChI=1S/C25H28N2O4S/c1-16-9-10-21(13-19(16)4)27-32(29,30)22-11-12-23(20(5)14-22)31-15-24(28)26-25-17(2)7-6-8-18(25)3/h6-14,27H,15H2,1-5H3,(H,26,28). The summed E-state index contributed by atoms with van der Waals surface area (Å²) in [6, 6.07) is 15.8. The highest BCUT2D eigenvalue weighted by Crippen LogP contribution is 2.25. The summed E-state index contributed by atoms with van der Waals surface area (Å²) >= 11 is 0. The molecule has 0 aliphatic rings. The van der Waals surface area contributed by atoms with Gasteiger partial charge in [0.1, 0.15) is 5.75 Å². The average Bonchev–Trinajstić information content (AvgIpc) is 2.72. The van der Waals surface area contributed by atoms with E-state index in [1.54, 1.807) is 25.1 Å².